The summed E-state index contributed by atoms with van der Waals surface area (Å²) in [7, 11) is 0. The molecule has 0 amide bonds. The second kappa shape index (κ2) is 6.13. The van der Waals surface area contributed by atoms with E-state index in [-0.39, 0.29) is 11.8 Å². The van der Waals surface area contributed by atoms with Crippen molar-refractivity contribution in [1.29, 1.82) is 0 Å². The third-order valence-electron chi connectivity index (χ3n) is 4.01. The summed E-state index contributed by atoms with van der Waals surface area (Å²) in [5, 5.41) is 0. The average Bonchev–Trinajstić information content (AvgIpc) is 2.24. The normalized spacial score (nSPS) is 32.6. The largest absolute Gasteiger partial charge is 0.262 e. The van der Waals surface area contributed by atoms with Gasteiger partial charge in [0.1, 0.15) is 6.17 Å². The summed E-state index contributed by atoms with van der Waals surface area (Å²) in [6, 6.07) is 0. The fraction of sp³-hybridized carbons (Fsp3) is 0.667. The Hall–Kier alpha value is -0.920. The topological polar surface area (TPSA) is 12.4 Å². The molecule has 5 atom stereocenters. The van der Waals surface area contributed by atoms with Crippen molar-refractivity contribution in [3.05, 3.63) is 24.4 Å². The van der Waals surface area contributed by atoms with Gasteiger partial charge < -0.3 is 0 Å². The van der Waals surface area contributed by atoms with Crippen molar-refractivity contribution in [3.8, 4) is 0 Å². The molecule has 96 valence electrons. The molecule has 17 heavy (non-hydrogen) atoms. The molecule has 1 nitrogen and oxygen atoms in total. The van der Waals surface area contributed by atoms with E-state index < -0.39 is 6.17 Å². The Morgan fingerprint density at radius 1 is 1.47 bits per heavy atom. The number of alkyl halides is 1. The lowest BCUT2D eigenvalue weighted by Gasteiger charge is -2.47. The van der Waals surface area contributed by atoms with Gasteiger partial charge in [0.25, 0.3) is 0 Å². The van der Waals surface area contributed by atoms with Crippen molar-refractivity contribution in [2.24, 2.45) is 28.7 Å². The lowest BCUT2D eigenvalue weighted by Crippen LogP contribution is -2.43. The number of hydrogen-bond donors (Lipinski definition) is 0. The highest BCUT2D eigenvalue weighted by Crippen LogP contribution is 2.48. The highest BCUT2D eigenvalue weighted by molar-refractivity contribution is 5.71. The van der Waals surface area contributed by atoms with Gasteiger partial charge in [-0.2, -0.15) is 0 Å². The van der Waals surface area contributed by atoms with E-state index >= 15 is 0 Å². The molecule has 0 bridgehead atoms. The third-order valence-corrected chi connectivity index (χ3v) is 4.01. The number of nitrogens with zero attached hydrogens (tertiary/aromatic N) is 1. The van der Waals surface area contributed by atoms with Crippen LogP contribution in [0, 0.1) is 23.7 Å². The Bertz CT molecular complexity index is 312. The zero-order valence-corrected chi connectivity index (χ0v) is 11.4. The summed E-state index contributed by atoms with van der Waals surface area (Å²) < 4.78 is 13.5. The second-order valence-corrected chi connectivity index (χ2v) is 5.22. The van der Waals surface area contributed by atoms with E-state index in [1.807, 2.05) is 19.1 Å². The van der Waals surface area contributed by atoms with Gasteiger partial charge in [-0.15, -0.1) is 0 Å². The SMILES string of the molecule is C=C(N=C/C=C\C)C(C)C1CC(C)C1C(C)F. The maximum absolute atomic E-state index is 13.5. The predicted octanol–water partition coefficient (Wildman–Crippen LogP) is 4.41. The molecular weight excluding hydrogens is 213 g/mol. The maximum atomic E-state index is 13.5. The van der Waals surface area contributed by atoms with Crippen molar-refractivity contribution in [2.45, 2.75) is 40.3 Å². The van der Waals surface area contributed by atoms with E-state index in [9.17, 15) is 4.39 Å². The van der Waals surface area contributed by atoms with Crippen molar-refractivity contribution < 1.29 is 4.39 Å². The summed E-state index contributed by atoms with van der Waals surface area (Å²) in [5.41, 5.74) is 0.866. The molecule has 1 aliphatic carbocycles. The molecule has 0 saturated heterocycles. The van der Waals surface area contributed by atoms with Gasteiger partial charge in [-0.1, -0.05) is 26.5 Å². The van der Waals surface area contributed by atoms with Crippen LogP contribution in [0.15, 0.2) is 29.4 Å². The van der Waals surface area contributed by atoms with Crippen LogP contribution in [0.3, 0.4) is 0 Å². The molecule has 0 radical (unpaired) electrons. The molecule has 0 N–H and O–H groups in total. The molecule has 1 saturated carbocycles. The zero-order valence-electron chi connectivity index (χ0n) is 11.4. The summed E-state index contributed by atoms with van der Waals surface area (Å²) in [5.74, 6) is 1.35. The van der Waals surface area contributed by atoms with E-state index in [2.05, 4.69) is 25.4 Å². The van der Waals surface area contributed by atoms with Crippen molar-refractivity contribution >= 4 is 6.21 Å². The number of halogens is 1. The minimum Gasteiger partial charge on any atom is -0.262 e. The minimum absolute atomic E-state index is 0.179. The molecule has 1 aliphatic rings. The Balaban J connectivity index is 2.59. The van der Waals surface area contributed by atoms with Crippen LogP contribution in [0.1, 0.15) is 34.1 Å². The molecule has 0 aromatic carbocycles. The van der Waals surface area contributed by atoms with Crippen LogP contribution in [0.5, 0.6) is 0 Å². The minimum atomic E-state index is -0.724. The van der Waals surface area contributed by atoms with Gasteiger partial charge in [-0.05, 0) is 44.1 Å². The number of aliphatic imine (C=N–C) groups is 1. The summed E-state index contributed by atoms with van der Waals surface area (Å²) in [4.78, 5) is 4.31. The highest BCUT2D eigenvalue weighted by atomic mass is 19.1. The molecule has 2 heteroatoms. The average molecular weight is 237 g/mol. The number of rotatable bonds is 5. The summed E-state index contributed by atoms with van der Waals surface area (Å²) >= 11 is 0. The first-order valence-electron chi connectivity index (χ1n) is 6.47. The van der Waals surface area contributed by atoms with Crippen LogP contribution in [0.25, 0.3) is 0 Å². The monoisotopic (exact) mass is 237 g/mol. The summed E-state index contributed by atoms with van der Waals surface area (Å²) in [6.45, 7) is 11.9. The molecular formula is C15H24FN. The fourth-order valence-electron chi connectivity index (χ4n) is 2.89. The first kappa shape index (κ1) is 14.1. The molecule has 0 heterocycles. The Morgan fingerprint density at radius 2 is 2.12 bits per heavy atom. The van der Waals surface area contributed by atoms with Crippen LogP contribution < -0.4 is 0 Å². The van der Waals surface area contributed by atoms with Gasteiger partial charge in [0.2, 0.25) is 0 Å². The molecule has 0 spiro atoms. The van der Waals surface area contributed by atoms with Crippen LogP contribution in [0.4, 0.5) is 4.39 Å². The van der Waals surface area contributed by atoms with E-state index in [0.717, 1.165) is 12.1 Å². The number of hydrogen-bond acceptors (Lipinski definition) is 1. The molecule has 1 rings (SSSR count). The standard InChI is InChI=1S/C15H24FN/c1-6-7-8-17-13(5)11(3)14-9-10(2)15(14)12(4)16/h6-8,10-12,14-15H,5,9H2,1-4H3/b7-6-,17-8?. The van der Waals surface area contributed by atoms with Crippen LogP contribution in [-0.4, -0.2) is 12.4 Å². The molecule has 0 aliphatic heterocycles. The predicted molar refractivity (Wildman–Crippen MR) is 72.9 cm³/mol. The van der Waals surface area contributed by atoms with Crippen LogP contribution in [-0.2, 0) is 0 Å². The van der Waals surface area contributed by atoms with Crippen molar-refractivity contribution in [3.63, 3.8) is 0 Å². The quantitative estimate of drug-likeness (QED) is 0.628. The van der Waals surface area contributed by atoms with E-state index in [1.54, 1.807) is 13.1 Å². The lowest BCUT2D eigenvalue weighted by atomic mass is 9.59. The Morgan fingerprint density at radius 3 is 2.59 bits per heavy atom. The van der Waals surface area contributed by atoms with Crippen molar-refractivity contribution in [2.75, 3.05) is 0 Å². The first-order chi connectivity index (χ1) is 7.99. The first-order valence-corrected chi connectivity index (χ1v) is 6.47. The third kappa shape index (κ3) is 3.27. The smallest absolute Gasteiger partial charge is 0.101 e. The van der Waals surface area contributed by atoms with Gasteiger partial charge in [-0.25, -0.2) is 4.39 Å². The van der Waals surface area contributed by atoms with Gasteiger partial charge in [0.15, 0.2) is 0 Å². The van der Waals surface area contributed by atoms with E-state index in [4.69, 9.17) is 0 Å². The van der Waals surface area contributed by atoms with Crippen molar-refractivity contribution in [1.82, 2.24) is 0 Å². The Labute approximate surface area is 105 Å². The molecule has 0 aromatic rings. The van der Waals surface area contributed by atoms with Gasteiger partial charge in [0.05, 0.1) is 0 Å². The fourth-order valence-corrected chi connectivity index (χ4v) is 2.89. The highest BCUT2D eigenvalue weighted by Gasteiger charge is 2.44. The van der Waals surface area contributed by atoms with Gasteiger partial charge in [-0.3, -0.25) is 4.99 Å². The molecule has 0 aromatic heterocycles. The molecule has 1 fully saturated rings. The molecule has 5 unspecified atom stereocenters. The van der Waals surface area contributed by atoms with Gasteiger partial charge >= 0.3 is 0 Å². The Kier molecular flexibility index (Phi) is 5.10. The number of allylic oxidation sites excluding steroid dienone is 3. The van der Waals surface area contributed by atoms with Gasteiger partial charge in [0, 0.05) is 17.8 Å². The summed E-state index contributed by atoms with van der Waals surface area (Å²) in [6.07, 6.45) is 5.95. The zero-order chi connectivity index (χ0) is 13.0. The maximum Gasteiger partial charge on any atom is 0.101 e. The lowest BCUT2D eigenvalue weighted by molar-refractivity contribution is -0.00523. The second-order valence-electron chi connectivity index (χ2n) is 5.22. The van der Waals surface area contributed by atoms with E-state index in [1.165, 1.54) is 0 Å². The van der Waals surface area contributed by atoms with E-state index in [0.29, 0.717) is 11.8 Å². The van der Waals surface area contributed by atoms with Crippen LogP contribution in [0.2, 0.25) is 0 Å². The van der Waals surface area contributed by atoms with Crippen LogP contribution >= 0.6 is 0 Å².